The molecule has 0 aromatic heterocycles. The van der Waals surface area contributed by atoms with Crippen molar-refractivity contribution in [2.75, 3.05) is 13.2 Å². The summed E-state index contributed by atoms with van der Waals surface area (Å²) in [6.45, 7) is -0.134. The Labute approximate surface area is 101 Å². The van der Waals surface area contributed by atoms with Crippen LogP contribution in [0.2, 0.25) is 0 Å². The summed E-state index contributed by atoms with van der Waals surface area (Å²) in [5, 5.41) is 9.35. The van der Waals surface area contributed by atoms with Crippen molar-refractivity contribution < 1.29 is 27.4 Å². The predicted molar refractivity (Wildman–Crippen MR) is 56.1 cm³/mol. The molecule has 1 atom stereocenters. The van der Waals surface area contributed by atoms with Gasteiger partial charge in [-0.15, -0.1) is 0 Å². The zero-order valence-corrected chi connectivity index (χ0v) is 9.43. The molecular formula is C11H13F4NO2. The minimum Gasteiger partial charge on any atom is -0.485 e. The third-order valence-corrected chi connectivity index (χ3v) is 2.23. The molecule has 0 spiro atoms. The maximum absolute atomic E-state index is 13.1. The van der Waals surface area contributed by atoms with E-state index in [2.05, 4.69) is 4.74 Å². The lowest BCUT2D eigenvalue weighted by Crippen LogP contribution is -2.20. The molecule has 0 heterocycles. The Morgan fingerprint density at radius 1 is 1.17 bits per heavy atom. The van der Waals surface area contributed by atoms with Crippen LogP contribution in [0.25, 0.3) is 0 Å². The molecule has 1 aromatic rings. The van der Waals surface area contributed by atoms with E-state index < -0.39 is 41.7 Å². The first-order valence-corrected chi connectivity index (χ1v) is 5.31. The van der Waals surface area contributed by atoms with Gasteiger partial charge in [-0.2, -0.15) is 8.78 Å². The van der Waals surface area contributed by atoms with Crippen LogP contribution in [0.5, 0.6) is 5.75 Å². The van der Waals surface area contributed by atoms with Crippen molar-refractivity contribution in [3.63, 3.8) is 0 Å². The Bertz CT molecular complexity index is 388. The molecule has 3 N–H and O–H groups in total. The normalized spacial score (nSPS) is 12.6. The topological polar surface area (TPSA) is 55.5 Å². The summed E-state index contributed by atoms with van der Waals surface area (Å²) in [4.78, 5) is 0. The van der Waals surface area contributed by atoms with Crippen LogP contribution in [0, 0.1) is 23.3 Å². The van der Waals surface area contributed by atoms with Crippen molar-refractivity contribution in [1.29, 1.82) is 0 Å². The Morgan fingerprint density at radius 3 is 2.22 bits per heavy atom. The second kappa shape index (κ2) is 6.55. The van der Waals surface area contributed by atoms with Gasteiger partial charge in [-0.1, -0.05) is 0 Å². The monoisotopic (exact) mass is 267 g/mol. The molecule has 0 aliphatic heterocycles. The Hall–Kier alpha value is -1.34. The van der Waals surface area contributed by atoms with Crippen LogP contribution in [-0.4, -0.2) is 24.4 Å². The zero-order chi connectivity index (χ0) is 13.7. The summed E-state index contributed by atoms with van der Waals surface area (Å²) in [6, 6.07) is 0.0857. The van der Waals surface area contributed by atoms with Gasteiger partial charge in [0.1, 0.15) is 6.61 Å². The first kappa shape index (κ1) is 14.7. The first-order valence-electron chi connectivity index (χ1n) is 5.31. The lowest BCUT2D eigenvalue weighted by molar-refractivity contribution is 0.0931. The molecule has 18 heavy (non-hydrogen) atoms. The third-order valence-electron chi connectivity index (χ3n) is 2.23. The van der Waals surface area contributed by atoms with Crippen molar-refractivity contribution in [3.05, 3.63) is 29.3 Å². The molecule has 0 aliphatic rings. The molecule has 1 unspecified atom stereocenters. The van der Waals surface area contributed by atoms with E-state index in [0.717, 1.165) is 0 Å². The van der Waals surface area contributed by atoms with Gasteiger partial charge < -0.3 is 15.6 Å². The molecule has 0 amide bonds. The summed E-state index contributed by atoms with van der Waals surface area (Å²) < 4.78 is 56.5. The van der Waals surface area contributed by atoms with Crippen LogP contribution in [0.15, 0.2) is 6.07 Å². The highest BCUT2D eigenvalue weighted by Gasteiger charge is 2.21. The van der Waals surface area contributed by atoms with Gasteiger partial charge in [-0.3, -0.25) is 0 Å². The van der Waals surface area contributed by atoms with Gasteiger partial charge in [-0.25, -0.2) is 8.78 Å². The molecule has 0 saturated heterocycles. The van der Waals surface area contributed by atoms with Gasteiger partial charge >= 0.3 is 0 Å². The lowest BCUT2D eigenvalue weighted by atomic mass is 10.2. The largest absolute Gasteiger partial charge is 0.485 e. The molecule has 7 heteroatoms. The molecule has 0 bridgehead atoms. The Morgan fingerprint density at radius 2 is 1.72 bits per heavy atom. The third kappa shape index (κ3) is 3.58. The minimum atomic E-state index is -1.63. The van der Waals surface area contributed by atoms with E-state index in [0.29, 0.717) is 13.0 Å². The van der Waals surface area contributed by atoms with Crippen LogP contribution in [0.1, 0.15) is 12.8 Å². The standard InChI is InChI=1S/C11H13F4NO2/c12-7-4-8(13)10(15)11(9(7)14)18-5-6(17)2-1-3-16/h4,6,17H,1-3,5,16H2. The van der Waals surface area contributed by atoms with Crippen molar-refractivity contribution in [3.8, 4) is 5.75 Å². The van der Waals surface area contributed by atoms with Crippen LogP contribution in [0.4, 0.5) is 17.6 Å². The summed E-state index contributed by atoms with van der Waals surface area (Å²) in [5.41, 5.74) is 5.20. The number of nitrogens with two attached hydrogens (primary N) is 1. The number of hydrogen-bond donors (Lipinski definition) is 2. The van der Waals surface area contributed by atoms with E-state index in [1.165, 1.54) is 0 Å². The van der Waals surface area contributed by atoms with Crippen molar-refractivity contribution in [2.45, 2.75) is 18.9 Å². The average Bonchev–Trinajstić information content (AvgIpc) is 2.34. The molecule has 0 radical (unpaired) electrons. The number of aliphatic hydroxyl groups is 1. The average molecular weight is 267 g/mol. The summed E-state index contributed by atoms with van der Waals surface area (Å²) in [6.07, 6.45) is -0.261. The maximum atomic E-state index is 13.1. The second-order valence-electron chi connectivity index (χ2n) is 3.69. The predicted octanol–water partition coefficient (Wildman–Crippen LogP) is 1.72. The smallest absolute Gasteiger partial charge is 0.203 e. The van der Waals surface area contributed by atoms with Gasteiger partial charge in [0, 0.05) is 6.07 Å². The lowest BCUT2D eigenvalue weighted by Gasteiger charge is -2.13. The van der Waals surface area contributed by atoms with Gasteiger partial charge in [0.05, 0.1) is 6.10 Å². The van der Waals surface area contributed by atoms with Gasteiger partial charge in [-0.05, 0) is 19.4 Å². The van der Waals surface area contributed by atoms with Gasteiger partial charge in [0.25, 0.3) is 0 Å². The molecule has 3 nitrogen and oxygen atoms in total. The number of rotatable bonds is 6. The highest BCUT2D eigenvalue weighted by Crippen LogP contribution is 2.26. The van der Waals surface area contributed by atoms with E-state index >= 15 is 0 Å². The molecule has 0 saturated carbocycles. The van der Waals surface area contributed by atoms with E-state index in [4.69, 9.17) is 5.73 Å². The van der Waals surface area contributed by atoms with Crippen molar-refractivity contribution in [1.82, 2.24) is 0 Å². The Balaban J connectivity index is 2.73. The van der Waals surface area contributed by atoms with Crippen LogP contribution in [-0.2, 0) is 0 Å². The van der Waals surface area contributed by atoms with Crippen molar-refractivity contribution >= 4 is 0 Å². The summed E-state index contributed by atoms with van der Waals surface area (Å²) >= 11 is 0. The fourth-order valence-corrected chi connectivity index (χ4v) is 1.29. The Kier molecular flexibility index (Phi) is 5.36. The van der Waals surface area contributed by atoms with Crippen LogP contribution in [0.3, 0.4) is 0 Å². The van der Waals surface area contributed by atoms with E-state index in [1.807, 2.05) is 0 Å². The molecule has 1 rings (SSSR count). The fourth-order valence-electron chi connectivity index (χ4n) is 1.29. The molecular weight excluding hydrogens is 254 g/mol. The molecule has 0 fully saturated rings. The SMILES string of the molecule is NCCCC(O)COc1c(F)c(F)cc(F)c1F. The fraction of sp³-hybridized carbons (Fsp3) is 0.455. The highest BCUT2D eigenvalue weighted by atomic mass is 19.2. The summed E-state index contributed by atoms with van der Waals surface area (Å²) in [7, 11) is 0. The van der Waals surface area contributed by atoms with E-state index in [9.17, 15) is 22.7 Å². The number of aliphatic hydroxyl groups excluding tert-OH is 1. The number of halogens is 4. The zero-order valence-electron chi connectivity index (χ0n) is 9.43. The van der Waals surface area contributed by atoms with Crippen LogP contribution < -0.4 is 10.5 Å². The number of benzene rings is 1. The van der Waals surface area contributed by atoms with Gasteiger partial charge in [0.15, 0.2) is 17.4 Å². The second-order valence-corrected chi connectivity index (χ2v) is 3.69. The first-order chi connectivity index (χ1) is 8.47. The molecule has 0 aliphatic carbocycles. The highest BCUT2D eigenvalue weighted by molar-refractivity contribution is 5.28. The van der Waals surface area contributed by atoms with Gasteiger partial charge in [0.2, 0.25) is 11.6 Å². The summed E-state index contributed by atoms with van der Waals surface area (Å²) in [5.74, 6) is -7.53. The quantitative estimate of drug-likeness (QED) is 0.609. The molecule has 102 valence electrons. The minimum absolute atomic E-state index is 0.0857. The number of ether oxygens (including phenoxy) is 1. The van der Waals surface area contributed by atoms with Crippen LogP contribution >= 0.6 is 0 Å². The van der Waals surface area contributed by atoms with E-state index in [1.54, 1.807) is 0 Å². The van der Waals surface area contributed by atoms with Crippen molar-refractivity contribution in [2.24, 2.45) is 5.73 Å². The maximum Gasteiger partial charge on any atom is 0.203 e. The molecule has 1 aromatic carbocycles. The number of hydrogen-bond acceptors (Lipinski definition) is 3. The van der Waals surface area contributed by atoms with E-state index in [-0.39, 0.29) is 12.5 Å².